The van der Waals surface area contributed by atoms with Gasteiger partial charge in [0, 0.05) is 5.56 Å². The number of carbonyl (C=O) groups excluding carboxylic acids is 1. The third-order valence-electron chi connectivity index (χ3n) is 1.64. The molecule has 7 heteroatoms. The third-order valence-corrected chi connectivity index (χ3v) is 1.64. The van der Waals surface area contributed by atoms with Gasteiger partial charge in [0.25, 0.3) is 0 Å². The minimum atomic E-state index is -4.46. The Kier molecular flexibility index (Phi) is 3.49. The van der Waals surface area contributed by atoms with Crippen molar-refractivity contribution in [3.63, 3.8) is 0 Å². The molecule has 0 aliphatic carbocycles. The van der Waals surface area contributed by atoms with E-state index in [-0.39, 0.29) is 5.56 Å². The molecule has 1 aromatic rings. The summed E-state index contributed by atoms with van der Waals surface area (Å²) in [5.41, 5.74) is 5.53. The minimum Gasteiger partial charge on any atom is -0.350 e. The second kappa shape index (κ2) is 4.65. The molecule has 0 radical (unpaired) electrons. The molecule has 0 aliphatic heterocycles. The number of nitrogens with zero attached hydrogens (tertiary/aromatic N) is 1. The van der Waals surface area contributed by atoms with Crippen LogP contribution in [0.4, 0.5) is 18.0 Å². The Hall–Kier alpha value is -2.05. The molecule has 86 valence electrons. The number of nitrogens with two attached hydrogens (primary N) is 1. The predicted molar refractivity (Wildman–Crippen MR) is 51.8 cm³/mol. The molecule has 0 heterocycles. The number of rotatable bonds is 2. The maximum atomic E-state index is 12.5. The number of primary amides is 1. The molecule has 16 heavy (non-hydrogen) atoms. The largest absolute Gasteiger partial charge is 0.417 e. The molecular weight excluding hydrogens is 223 g/mol. The molecule has 0 saturated carbocycles. The van der Waals surface area contributed by atoms with Gasteiger partial charge in [-0.2, -0.15) is 18.3 Å². The summed E-state index contributed by atoms with van der Waals surface area (Å²) >= 11 is 0. The summed E-state index contributed by atoms with van der Waals surface area (Å²) in [5.74, 6) is 0. The second-order valence-electron chi connectivity index (χ2n) is 2.82. The number of hydrogen-bond donors (Lipinski definition) is 2. The molecule has 0 aliphatic rings. The maximum absolute atomic E-state index is 12.5. The fourth-order valence-electron chi connectivity index (χ4n) is 1.03. The summed E-state index contributed by atoms with van der Waals surface area (Å²) in [6.07, 6.45) is -3.58. The maximum Gasteiger partial charge on any atom is 0.417 e. The van der Waals surface area contributed by atoms with Crippen LogP contribution in [0.3, 0.4) is 0 Å². The van der Waals surface area contributed by atoms with E-state index in [1.54, 1.807) is 0 Å². The zero-order valence-corrected chi connectivity index (χ0v) is 7.95. The highest BCUT2D eigenvalue weighted by Gasteiger charge is 2.32. The number of halogens is 3. The highest BCUT2D eigenvalue weighted by atomic mass is 19.4. The van der Waals surface area contributed by atoms with E-state index < -0.39 is 17.8 Å². The topological polar surface area (TPSA) is 67.5 Å². The molecule has 1 aromatic carbocycles. The van der Waals surface area contributed by atoms with Crippen LogP contribution in [-0.4, -0.2) is 12.2 Å². The average Bonchev–Trinajstić information content (AvgIpc) is 2.16. The van der Waals surface area contributed by atoms with E-state index in [2.05, 4.69) is 5.10 Å². The lowest BCUT2D eigenvalue weighted by Crippen LogP contribution is -2.24. The van der Waals surface area contributed by atoms with Crippen LogP contribution >= 0.6 is 0 Å². The van der Waals surface area contributed by atoms with Gasteiger partial charge >= 0.3 is 12.2 Å². The third kappa shape index (κ3) is 3.26. The van der Waals surface area contributed by atoms with E-state index in [9.17, 15) is 18.0 Å². The number of urea groups is 1. The first-order chi connectivity index (χ1) is 7.41. The fraction of sp³-hybridized carbons (Fsp3) is 0.111. The first kappa shape index (κ1) is 12.0. The van der Waals surface area contributed by atoms with Crippen LogP contribution in [0.1, 0.15) is 11.1 Å². The Morgan fingerprint density at radius 2 is 2.00 bits per heavy atom. The van der Waals surface area contributed by atoms with E-state index in [0.717, 1.165) is 12.3 Å². The molecule has 0 unspecified atom stereocenters. The van der Waals surface area contributed by atoms with Gasteiger partial charge in [0.15, 0.2) is 0 Å². The van der Waals surface area contributed by atoms with Gasteiger partial charge in [-0.1, -0.05) is 18.2 Å². The summed E-state index contributed by atoms with van der Waals surface area (Å²) < 4.78 is 37.4. The molecule has 0 aromatic heterocycles. The summed E-state index contributed by atoms with van der Waals surface area (Å²) in [6.45, 7) is 0. The highest BCUT2D eigenvalue weighted by Crippen LogP contribution is 2.30. The Balaban J connectivity index is 2.96. The molecule has 2 amide bonds. The lowest BCUT2D eigenvalue weighted by atomic mass is 10.1. The molecular formula is C9H8F3N3O. The molecule has 4 nitrogen and oxygen atoms in total. The minimum absolute atomic E-state index is 0.149. The van der Waals surface area contributed by atoms with E-state index in [0.29, 0.717) is 0 Å². The zero-order chi connectivity index (χ0) is 12.2. The lowest BCUT2D eigenvalue weighted by molar-refractivity contribution is -0.137. The molecule has 0 bridgehead atoms. The van der Waals surface area contributed by atoms with Crippen LogP contribution < -0.4 is 11.2 Å². The number of amides is 2. The standard InChI is InChI=1S/C9H8F3N3O/c10-9(11,12)7-4-2-1-3-6(7)5-14-15-8(13)16/h1-5H,(H3,13,15,16)/b14-5-. The number of alkyl halides is 3. The van der Waals surface area contributed by atoms with Crippen molar-refractivity contribution < 1.29 is 18.0 Å². The van der Waals surface area contributed by atoms with E-state index in [4.69, 9.17) is 5.73 Å². The van der Waals surface area contributed by atoms with Gasteiger partial charge in [-0.3, -0.25) is 0 Å². The molecule has 0 saturated heterocycles. The first-order valence-corrected chi connectivity index (χ1v) is 4.16. The van der Waals surface area contributed by atoms with E-state index in [1.165, 1.54) is 18.2 Å². The molecule has 3 N–H and O–H groups in total. The van der Waals surface area contributed by atoms with Crippen LogP contribution in [0.5, 0.6) is 0 Å². The number of carbonyl (C=O) groups is 1. The second-order valence-corrected chi connectivity index (χ2v) is 2.82. The highest BCUT2D eigenvalue weighted by molar-refractivity contribution is 5.83. The van der Waals surface area contributed by atoms with Gasteiger partial charge in [0.2, 0.25) is 0 Å². The van der Waals surface area contributed by atoms with Crippen molar-refractivity contribution in [1.29, 1.82) is 0 Å². The van der Waals surface area contributed by atoms with Gasteiger partial charge < -0.3 is 5.73 Å². The van der Waals surface area contributed by atoms with Crippen molar-refractivity contribution in [3.8, 4) is 0 Å². The first-order valence-electron chi connectivity index (χ1n) is 4.16. The summed E-state index contributed by atoms with van der Waals surface area (Å²) in [7, 11) is 0. The van der Waals surface area contributed by atoms with E-state index >= 15 is 0 Å². The Morgan fingerprint density at radius 3 is 2.56 bits per heavy atom. The van der Waals surface area contributed by atoms with Crippen LogP contribution in [0.15, 0.2) is 29.4 Å². The van der Waals surface area contributed by atoms with Crippen molar-refractivity contribution >= 4 is 12.2 Å². The monoisotopic (exact) mass is 231 g/mol. The van der Waals surface area contributed by atoms with Crippen LogP contribution in [0.2, 0.25) is 0 Å². The summed E-state index contributed by atoms with van der Waals surface area (Å²) in [6, 6.07) is 3.91. The molecule has 0 spiro atoms. The van der Waals surface area contributed by atoms with Gasteiger partial charge in [0.05, 0.1) is 11.8 Å². The smallest absolute Gasteiger partial charge is 0.350 e. The van der Waals surface area contributed by atoms with Crippen LogP contribution in [0, 0.1) is 0 Å². The fourth-order valence-corrected chi connectivity index (χ4v) is 1.03. The number of hydrogen-bond acceptors (Lipinski definition) is 2. The SMILES string of the molecule is NC(=O)N/N=C\c1ccccc1C(F)(F)F. The van der Waals surface area contributed by atoms with Crippen molar-refractivity contribution in [3.05, 3.63) is 35.4 Å². The Bertz CT molecular complexity index is 415. The van der Waals surface area contributed by atoms with Gasteiger partial charge in [-0.25, -0.2) is 10.2 Å². The number of benzene rings is 1. The number of hydrazone groups is 1. The van der Waals surface area contributed by atoms with Crippen LogP contribution in [0.25, 0.3) is 0 Å². The molecule has 1 rings (SSSR count). The summed E-state index contributed by atoms with van der Waals surface area (Å²) in [5, 5.41) is 3.27. The van der Waals surface area contributed by atoms with Crippen molar-refractivity contribution in [2.45, 2.75) is 6.18 Å². The Labute approximate surface area is 88.9 Å². The van der Waals surface area contributed by atoms with Gasteiger partial charge in [-0.05, 0) is 6.07 Å². The van der Waals surface area contributed by atoms with Crippen molar-refractivity contribution in [1.82, 2.24) is 5.43 Å². The lowest BCUT2D eigenvalue weighted by Gasteiger charge is -2.08. The van der Waals surface area contributed by atoms with Gasteiger partial charge in [-0.15, -0.1) is 0 Å². The molecule has 0 atom stereocenters. The molecule has 0 fully saturated rings. The van der Waals surface area contributed by atoms with Crippen molar-refractivity contribution in [2.75, 3.05) is 0 Å². The van der Waals surface area contributed by atoms with Gasteiger partial charge in [0.1, 0.15) is 0 Å². The average molecular weight is 231 g/mol. The quantitative estimate of drug-likeness (QED) is 0.590. The predicted octanol–water partition coefficient (Wildman–Crippen LogP) is 1.71. The van der Waals surface area contributed by atoms with Crippen LogP contribution in [-0.2, 0) is 6.18 Å². The zero-order valence-electron chi connectivity index (χ0n) is 7.95. The summed E-state index contributed by atoms with van der Waals surface area (Å²) in [4.78, 5) is 10.2. The normalized spacial score (nSPS) is 11.7. The Morgan fingerprint density at radius 1 is 1.38 bits per heavy atom. The van der Waals surface area contributed by atoms with Crippen molar-refractivity contribution in [2.24, 2.45) is 10.8 Å². The van der Waals surface area contributed by atoms with E-state index in [1.807, 2.05) is 5.43 Å². The number of nitrogens with one attached hydrogen (secondary N) is 1.